The number of allylic oxidation sites excluding steroid dienone is 1. The second kappa shape index (κ2) is 9.99. The number of anilines is 1. The second-order valence-electron chi connectivity index (χ2n) is 9.90. The number of hydrogen-bond donors (Lipinski definition) is 0. The number of rotatable bonds is 6. The summed E-state index contributed by atoms with van der Waals surface area (Å²) in [6.07, 6.45) is 6.12. The van der Waals surface area contributed by atoms with Crippen LogP contribution in [0, 0.1) is 13.8 Å². The van der Waals surface area contributed by atoms with E-state index in [-0.39, 0.29) is 11.1 Å². The van der Waals surface area contributed by atoms with Gasteiger partial charge in [0, 0.05) is 6.20 Å². The molecule has 3 aromatic carbocycles. The van der Waals surface area contributed by atoms with Crippen LogP contribution in [0.25, 0.3) is 5.69 Å². The summed E-state index contributed by atoms with van der Waals surface area (Å²) in [6, 6.07) is 24.9. The molecule has 0 amide bonds. The van der Waals surface area contributed by atoms with Gasteiger partial charge < -0.3 is 3.07 Å². The van der Waals surface area contributed by atoms with Crippen molar-refractivity contribution in [3.8, 4) is 5.69 Å². The Labute approximate surface area is 235 Å². The predicted octanol–water partition coefficient (Wildman–Crippen LogP) is 5.64. The minimum absolute atomic E-state index is 0.232. The molecule has 1 aliphatic heterocycles. The van der Waals surface area contributed by atoms with E-state index >= 15 is 0 Å². The SMILES string of the molecule is Cc1ccc(C2=NN(c3nn(-c4ccc(C)cc4)c(=O)n3CCOI)C=C[C@]23CCc2ccccc23)cc1. The maximum absolute atomic E-state index is 13.5. The molecule has 7 nitrogen and oxygen atoms in total. The van der Waals surface area contributed by atoms with E-state index < -0.39 is 0 Å². The molecule has 8 heteroatoms. The zero-order valence-electron chi connectivity index (χ0n) is 21.3. The summed E-state index contributed by atoms with van der Waals surface area (Å²) in [6.45, 7) is 4.84. The Bertz CT molecular complexity index is 1600. The van der Waals surface area contributed by atoms with Crippen molar-refractivity contribution in [2.45, 2.75) is 38.6 Å². The Morgan fingerprint density at radius 1 is 0.974 bits per heavy atom. The van der Waals surface area contributed by atoms with E-state index in [1.54, 1.807) is 9.58 Å². The largest absolute Gasteiger partial charge is 0.352 e. The lowest BCUT2D eigenvalue weighted by molar-refractivity contribution is 0.389. The topological polar surface area (TPSA) is 64.7 Å². The minimum atomic E-state index is -0.335. The molecule has 192 valence electrons. The molecule has 1 spiro atoms. The normalized spacial score (nSPS) is 18.2. The third-order valence-corrected chi connectivity index (χ3v) is 7.90. The van der Waals surface area contributed by atoms with Gasteiger partial charge in [-0.25, -0.2) is 9.80 Å². The Balaban J connectivity index is 1.51. The molecule has 1 aliphatic carbocycles. The van der Waals surface area contributed by atoms with Crippen LogP contribution >= 0.6 is 23.0 Å². The van der Waals surface area contributed by atoms with Crippen molar-refractivity contribution >= 4 is 34.7 Å². The van der Waals surface area contributed by atoms with Gasteiger partial charge in [-0.05, 0) is 61.6 Å². The first-order valence-corrected chi connectivity index (χ1v) is 13.6. The summed E-state index contributed by atoms with van der Waals surface area (Å²) in [4.78, 5) is 13.5. The number of aryl methyl sites for hydroxylation is 3. The minimum Gasteiger partial charge on any atom is -0.314 e. The first-order valence-electron chi connectivity index (χ1n) is 12.7. The van der Waals surface area contributed by atoms with E-state index in [1.165, 1.54) is 21.4 Å². The highest BCUT2D eigenvalue weighted by molar-refractivity contribution is 14.1. The summed E-state index contributed by atoms with van der Waals surface area (Å²) in [5, 5.41) is 11.7. The van der Waals surface area contributed by atoms with Crippen LogP contribution in [0.5, 0.6) is 0 Å². The molecule has 0 radical (unpaired) electrons. The van der Waals surface area contributed by atoms with Crippen LogP contribution in [0.4, 0.5) is 5.95 Å². The van der Waals surface area contributed by atoms with Crippen molar-refractivity contribution in [2.75, 3.05) is 11.6 Å². The molecule has 6 rings (SSSR count). The summed E-state index contributed by atoms with van der Waals surface area (Å²) in [7, 11) is 0. The lowest BCUT2D eigenvalue weighted by atomic mass is 9.74. The smallest absolute Gasteiger partial charge is 0.314 e. The van der Waals surface area contributed by atoms with Crippen LogP contribution < -0.4 is 10.7 Å². The van der Waals surface area contributed by atoms with Crippen molar-refractivity contribution in [3.63, 3.8) is 0 Å². The Morgan fingerprint density at radius 3 is 2.42 bits per heavy atom. The highest BCUT2D eigenvalue weighted by Gasteiger charge is 2.44. The van der Waals surface area contributed by atoms with Gasteiger partial charge in [-0.1, -0.05) is 71.8 Å². The van der Waals surface area contributed by atoms with Gasteiger partial charge in [-0.3, -0.25) is 4.57 Å². The van der Waals surface area contributed by atoms with E-state index in [0.29, 0.717) is 24.8 Å². The molecule has 38 heavy (non-hydrogen) atoms. The fraction of sp³-hybridized carbons (Fsp3) is 0.233. The monoisotopic (exact) mass is 617 g/mol. The molecule has 0 saturated heterocycles. The molecule has 1 aromatic heterocycles. The van der Waals surface area contributed by atoms with Crippen LogP contribution in [-0.2, 0) is 21.4 Å². The lowest BCUT2D eigenvalue weighted by Crippen LogP contribution is -2.38. The van der Waals surface area contributed by atoms with Gasteiger partial charge in [-0.15, -0.1) is 5.10 Å². The van der Waals surface area contributed by atoms with Crippen molar-refractivity contribution in [1.82, 2.24) is 14.3 Å². The summed E-state index contributed by atoms with van der Waals surface area (Å²) in [5.41, 5.74) is 7.11. The molecule has 0 bridgehead atoms. The Hall–Kier alpha value is -3.50. The van der Waals surface area contributed by atoms with Gasteiger partial charge in [0.2, 0.25) is 0 Å². The zero-order valence-corrected chi connectivity index (χ0v) is 23.5. The maximum atomic E-state index is 13.5. The van der Waals surface area contributed by atoms with E-state index in [9.17, 15) is 4.79 Å². The second-order valence-corrected chi connectivity index (χ2v) is 10.5. The lowest BCUT2D eigenvalue weighted by Gasteiger charge is -2.34. The van der Waals surface area contributed by atoms with Gasteiger partial charge >= 0.3 is 5.69 Å². The molecule has 0 N–H and O–H groups in total. The average Bonchev–Trinajstić information content (AvgIpc) is 3.47. The first kappa shape index (κ1) is 24.8. The van der Waals surface area contributed by atoms with Crippen molar-refractivity contribution in [2.24, 2.45) is 5.10 Å². The highest BCUT2D eigenvalue weighted by atomic mass is 127. The van der Waals surface area contributed by atoms with Gasteiger partial charge in [-0.2, -0.15) is 9.78 Å². The maximum Gasteiger partial charge on any atom is 0.352 e. The van der Waals surface area contributed by atoms with Crippen LogP contribution in [0.3, 0.4) is 0 Å². The molecular weight excluding hydrogens is 589 g/mol. The van der Waals surface area contributed by atoms with Gasteiger partial charge in [0.05, 0.1) is 30.0 Å². The van der Waals surface area contributed by atoms with Crippen molar-refractivity contribution in [3.05, 3.63) is 123 Å². The fourth-order valence-electron chi connectivity index (χ4n) is 5.44. The van der Waals surface area contributed by atoms with E-state index in [2.05, 4.69) is 61.5 Å². The van der Waals surface area contributed by atoms with E-state index in [0.717, 1.165) is 29.7 Å². The average molecular weight is 617 g/mol. The van der Waals surface area contributed by atoms with Crippen LogP contribution in [0.2, 0.25) is 0 Å². The number of fused-ring (bicyclic) bond motifs is 2. The predicted molar refractivity (Wildman–Crippen MR) is 158 cm³/mol. The molecule has 0 unspecified atom stereocenters. The van der Waals surface area contributed by atoms with Crippen LogP contribution in [0.1, 0.15) is 34.2 Å². The molecule has 4 aromatic rings. The van der Waals surface area contributed by atoms with Crippen molar-refractivity contribution < 1.29 is 3.07 Å². The number of hydrazone groups is 1. The van der Waals surface area contributed by atoms with E-state index in [4.69, 9.17) is 13.3 Å². The number of nitrogens with zero attached hydrogens (tertiary/aromatic N) is 5. The van der Waals surface area contributed by atoms with Gasteiger partial charge in [0.1, 0.15) is 23.0 Å². The first-order chi connectivity index (χ1) is 18.5. The number of benzene rings is 3. The molecule has 0 saturated carbocycles. The number of halogens is 1. The zero-order chi connectivity index (χ0) is 26.3. The molecular formula is C30H28IN5O2. The van der Waals surface area contributed by atoms with E-state index in [1.807, 2.05) is 60.4 Å². The van der Waals surface area contributed by atoms with Crippen molar-refractivity contribution in [1.29, 1.82) is 0 Å². The molecule has 2 aliphatic rings. The quantitative estimate of drug-likeness (QED) is 0.263. The van der Waals surface area contributed by atoms with Crippen LogP contribution in [-0.4, -0.2) is 26.7 Å². The molecule has 1 atom stereocenters. The third kappa shape index (κ3) is 4.21. The fourth-order valence-corrected chi connectivity index (χ4v) is 5.63. The summed E-state index contributed by atoms with van der Waals surface area (Å²) in [5.74, 6) is 0.450. The molecule has 2 heterocycles. The Morgan fingerprint density at radius 2 is 1.68 bits per heavy atom. The molecule has 0 fully saturated rings. The highest BCUT2D eigenvalue weighted by Crippen LogP contribution is 2.45. The third-order valence-electron chi connectivity index (χ3n) is 7.46. The summed E-state index contributed by atoms with van der Waals surface area (Å²) < 4.78 is 8.35. The Kier molecular flexibility index (Phi) is 6.53. The standard InChI is InChI=1S/C30H28IN5O2/c1-21-7-11-24(12-8-21)27-30(16-15-23-5-3-4-6-26(23)30)17-18-35(32-27)28-33-36(25-13-9-22(2)10-14-25)29(37)34(28)19-20-38-31/h3-14,17-18H,15-16,19-20H2,1-2H3/t30-/m0/s1. The number of hydrogen-bond acceptors (Lipinski definition) is 5. The van der Waals surface area contributed by atoms with Gasteiger partial charge in [0.25, 0.3) is 5.95 Å². The van der Waals surface area contributed by atoms with Crippen LogP contribution in [0.15, 0.2) is 95.0 Å². The summed E-state index contributed by atoms with van der Waals surface area (Å²) >= 11 is 1.85. The number of aromatic nitrogens is 3. The van der Waals surface area contributed by atoms with Gasteiger partial charge in [0.15, 0.2) is 0 Å².